The third-order valence-electron chi connectivity index (χ3n) is 3.55. The Bertz CT molecular complexity index is 810. The maximum Gasteiger partial charge on any atom is 0.296 e. The van der Waals surface area contributed by atoms with Crippen molar-refractivity contribution in [2.24, 2.45) is 0 Å². The van der Waals surface area contributed by atoms with Crippen LogP contribution in [0.3, 0.4) is 0 Å². The van der Waals surface area contributed by atoms with E-state index >= 15 is 0 Å². The van der Waals surface area contributed by atoms with Crippen LogP contribution in [-0.2, 0) is 11.2 Å². The molecule has 1 heterocycles. The van der Waals surface area contributed by atoms with Crippen molar-refractivity contribution in [3.8, 4) is 5.75 Å². The van der Waals surface area contributed by atoms with Crippen LogP contribution in [0.4, 0.5) is 21.5 Å². The molecule has 3 rings (SSSR count). The number of carbonyl (C=O) groups is 1. The highest BCUT2D eigenvalue weighted by atomic mass is 19.1. The Labute approximate surface area is 136 Å². The molecule has 2 N–H and O–H groups in total. The lowest BCUT2D eigenvalue weighted by Gasteiger charge is -2.19. The Hall–Kier alpha value is -3.16. The molecule has 0 bridgehead atoms. The summed E-state index contributed by atoms with van der Waals surface area (Å²) in [6, 6.07) is 8.90. The number of nitrogens with zero attached hydrogens (tertiary/aromatic N) is 1. The molecule has 0 unspecified atom stereocenters. The SMILES string of the molecule is O=C1COc2cc([N+](=O)[O-])c(NCCc3cccc(F)c3)cc2N1. The fraction of sp³-hybridized carbons (Fsp3) is 0.188. The Balaban J connectivity index is 1.77. The van der Waals surface area contributed by atoms with Gasteiger partial charge in [-0.2, -0.15) is 0 Å². The Morgan fingerprint density at radius 2 is 2.17 bits per heavy atom. The summed E-state index contributed by atoms with van der Waals surface area (Å²) >= 11 is 0. The number of hydrogen-bond donors (Lipinski definition) is 2. The molecule has 1 aliphatic rings. The zero-order valence-corrected chi connectivity index (χ0v) is 12.5. The summed E-state index contributed by atoms with van der Waals surface area (Å²) in [6.07, 6.45) is 0.495. The van der Waals surface area contributed by atoms with Gasteiger partial charge >= 0.3 is 0 Å². The van der Waals surface area contributed by atoms with Gasteiger partial charge in [-0.3, -0.25) is 14.9 Å². The number of benzene rings is 2. The van der Waals surface area contributed by atoms with E-state index in [1.807, 2.05) is 0 Å². The van der Waals surface area contributed by atoms with Crippen LogP contribution in [0.15, 0.2) is 36.4 Å². The fourth-order valence-electron chi connectivity index (χ4n) is 2.44. The molecule has 2 aromatic rings. The minimum Gasteiger partial charge on any atom is -0.481 e. The van der Waals surface area contributed by atoms with Crippen LogP contribution in [0.2, 0.25) is 0 Å². The first-order valence-electron chi connectivity index (χ1n) is 7.26. The molecule has 8 heteroatoms. The van der Waals surface area contributed by atoms with Crippen molar-refractivity contribution in [2.45, 2.75) is 6.42 Å². The first kappa shape index (κ1) is 15.7. The molecule has 0 saturated heterocycles. The van der Waals surface area contributed by atoms with Gasteiger partial charge in [0.15, 0.2) is 12.4 Å². The molecule has 0 spiro atoms. The number of hydrogen-bond acceptors (Lipinski definition) is 5. The summed E-state index contributed by atoms with van der Waals surface area (Å²) < 4.78 is 18.3. The topological polar surface area (TPSA) is 93.5 Å². The van der Waals surface area contributed by atoms with Crippen LogP contribution in [0.1, 0.15) is 5.56 Å². The molecule has 0 aromatic heterocycles. The molecule has 1 aliphatic heterocycles. The highest BCUT2D eigenvalue weighted by Gasteiger charge is 2.23. The van der Waals surface area contributed by atoms with Crippen LogP contribution in [-0.4, -0.2) is 24.0 Å². The number of amides is 1. The first-order chi connectivity index (χ1) is 11.5. The highest BCUT2D eigenvalue weighted by Crippen LogP contribution is 2.37. The van der Waals surface area contributed by atoms with Crippen molar-refractivity contribution >= 4 is 23.0 Å². The summed E-state index contributed by atoms with van der Waals surface area (Å²) in [5.74, 6) is -0.383. The number of nitro benzene ring substituents is 1. The molecule has 24 heavy (non-hydrogen) atoms. The van der Waals surface area contributed by atoms with Gasteiger partial charge in [-0.15, -0.1) is 0 Å². The van der Waals surface area contributed by atoms with Crippen molar-refractivity contribution < 1.29 is 18.8 Å². The third kappa shape index (κ3) is 3.43. The zero-order valence-electron chi connectivity index (χ0n) is 12.5. The van der Waals surface area contributed by atoms with Crippen LogP contribution in [0, 0.1) is 15.9 Å². The molecule has 0 radical (unpaired) electrons. The van der Waals surface area contributed by atoms with E-state index < -0.39 is 4.92 Å². The summed E-state index contributed by atoms with van der Waals surface area (Å²) in [6.45, 7) is 0.203. The lowest BCUT2D eigenvalue weighted by atomic mass is 10.1. The van der Waals surface area contributed by atoms with Crippen molar-refractivity contribution in [3.63, 3.8) is 0 Å². The third-order valence-corrected chi connectivity index (χ3v) is 3.55. The summed E-state index contributed by atoms with van der Waals surface area (Å²) in [5, 5.41) is 16.8. The van der Waals surface area contributed by atoms with E-state index in [2.05, 4.69) is 10.6 Å². The van der Waals surface area contributed by atoms with E-state index in [4.69, 9.17) is 4.74 Å². The van der Waals surface area contributed by atoms with Gasteiger partial charge in [0, 0.05) is 6.54 Å². The van der Waals surface area contributed by atoms with E-state index in [9.17, 15) is 19.3 Å². The van der Waals surface area contributed by atoms with Gasteiger partial charge in [0.1, 0.15) is 11.5 Å². The van der Waals surface area contributed by atoms with Crippen LogP contribution in [0.5, 0.6) is 5.75 Å². The van der Waals surface area contributed by atoms with Gasteiger partial charge in [-0.1, -0.05) is 12.1 Å². The van der Waals surface area contributed by atoms with Gasteiger partial charge in [0.05, 0.1) is 16.7 Å². The van der Waals surface area contributed by atoms with E-state index in [1.165, 1.54) is 24.3 Å². The van der Waals surface area contributed by atoms with Crippen molar-refractivity contribution in [3.05, 3.63) is 57.9 Å². The normalized spacial score (nSPS) is 12.8. The molecule has 0 atom stereocenters. The molecule has 0 aliphatic carbocycles. The van der Waals surface area contributed by atoms with Gasteiger partial charge in [-0.05, 0) is 30.2 Å². The molecule has 2 aromatic carbocycles. The van der Waals surface area contributed by atoms with Crippen LogP contribution < -0.4 is 15.4 Å². The van der Waals surface area contributed by atoms with E-state index in [1.54, 1.807) is 12.1 Å². The lowest BCUT2D eigenvalue weighted by Crippen LogP contribution is -2.25. The fourth-order valence-corrected chi connectivity index (χ4v) is 2.44. The number of carbonyl (C=O) groups excluding carboxylic acids is 1. The molecule has 7 nitrogen and oxygen atoms in total. The number of anilines is 2. The maximum atomic E-state index is 13.1. The van der Waals surface area contributed by atoms with Gasteiger partial charge < -0.3 is 15.4 Å². The summed E-state index contributed by atoms with van der Waals surface area (Å²) in [7, 11) is 0. The molecule has 1 amide bonds. The maximum absolute atomic E-state index is 13.1. The van der Waals surface area contributed by atoms with E-state index in [0.29, 0.717) is 18.7 Å². The monoisotopic (exact) mass is 331 g/mol. The van der Waals surface area contributed by atoms with E-state index in [-0.39, 0.29) is 35.5 Å². The molecule has 0 fully saturated rings. The Morgan fingerprint density at radius 3 is 2.92 bits per heavy atom. The number of fused-ring (bicyclic) bond motifs is 1. The Kier molecular flexibility index (Phi) is 4.28. The predicted molar refractivity (Wildman–Crippen MR) is 85.8 cm³/mol. The van der Waals surface area contributed by atoms with Gasteiger partial charge in [0.2, 0.25) is 0 Å². The number of nitro groups is 1. The minimum absolute atomic E-state index is 0.149. The standard InChI is InChI=1S/C16H14FN3O4/c17-11-3-1-2-10(6-11)4-5-18-12-7-13-15(8-14(12)20(22)23)24-9-16(21)19-13/h1-3,6-8,18H,4-5,9H2,(H,19,21). The number of ether oxygens (including phenoxy) is 1. The average molecular weight is 331 g/mol. The minimum atomic E-state index is -0.523. The second kappa shape index (κ2) is 6.53. The average Bonchev–Trinajstić information content (AvgIpc) is 2.54. The Morgan fingerprint density at radius 1 is 1.33 bits per heavy atom. The highest BCUT2D eigenvalue weighted by molar-refractivity contribution is 5.96. The van der Waals surface area contributed by atoms with Crippen LogP contribution in [0.25, 0.3) is 0 Å². The molecule has 124 valence electrons. The smallest absolute Gasteiger partial charge is 0.296 e. The zero-order chi connectivity index (χ0) is 17.1. The largest absolute Gasteiger partial charge is 0.481 e. The van der Waals surface area contributed by atoms with E-state index in [0.717, 1.165) is 5.56 Å². The second-order valence-corrected chi connectivity index (χ2v) is 5.27. The molecule has 0 saturated carbocycles. The predicted octanol–water partition coefficient (Wildman–Crippen LogP) is 2.72. The first-order valence-corrected chi connectivity index (χ1v) is 7.26. The molecular weight excluding hydrogens is 317 g/mol. The second-order valence-electron chi connectivity index (χ2n) is 5.27. The number of halogens is 1. The van der Waals surface area contributed by atoms with Crippen LogP contribution >= 0.6 is 0 Å². The number of rotatable bonds is 5. The molecular formula is C16H14FN3O4. The van der Waals surface area contributed by atoms with Crippen molar-refractivity contribution in [2.75, 3.05) is 23.8 Å². The number of nitrogens with one attached hydrogen (secondary N) is 2. The summed E-state index contributed by atoms with van der Waals surface area (Å²) in [5.41, 5.74) is 1.27. The lowest BCUT2D eigenvalue weighted by molar-refractivity contribution is -0.384. The van der Waals surface area contributed by atoms with Gasteiger partial charge in [-0.25, -0.2) is 4.39 Å². The summed E-state index contributed by atoms with van der Waals surface area (Å²) in [4.78, 5) is 22.1. The van der Waals surface area contributed by atoms with Crippen molar-refractivity contribution in [1.82, 2.24) is 0 Å². The quantitative estimate of drug-likeness (QED) is 0.649. The van der Waals surface area contributed by atoms with Crippen molar-refractivity contribution in [1.29, 1.82) is 0 Å². The van der Waals surface area contributed by atoms with Gasteiger partial charge in [0.25, 0.3) is 11.6 Å².